The molecule has 1 fully saturated rings. The molecule has 0 aliphatic carbocycles. The quantitative estimate of drug-likeness (QED) is 0.791. The third-order valence-electron chi connectivity index (χ3n) is 3.02. The van der Waals surface area contributed by atoms with E-state index < -0.39 is 0 Å². The summed E-state index contributed by atoms with van der Waals surface area (Å²) in [6, 6.07) is 7.61. The molecule has 0 N–H and O–H groups in total. The van der Waals surface area contributed by atoms with Crippen LogP contribution in [-0.2, 0) is 0 Å². The van der Waals surface area contributed by atoms with Crippen molar-refractivity contribution in [3.8, 4) is 0 Å². The summed E-state index contributed by atoms with van der Waals surface area (Å²) in [7, 11) is 0. The average Bonchev–Trinajstić information content (AvgIpc) is 2.80. The van der Waals surface area contributed by atoms with Crippen LogP contribution < -0.4 is 0 Å². The molecule has 1 aliphatic heterocycles. The van der Waals surface area contributed by atoms with Crippen LogP contribution in [0.15, 0.2) is 28.7 Å². The number of likely N-dealkylation sites (tertiary alicyclic amines) is 1. The van der Waals surface area contributed by atoms with Crippen LogP contribution in [-0.4, -0.2) is 30.3 Å². The maximum absolute atomic E-state index is 11.9. The van der Waals surface area contributed by atoms with Crippen LogP contribution in [0.25, 0.3) is 0 Å². The number of carbonyl (C=O) groups excluding carboxylic acids is 1. The first-order chi connectivity index (χ1) is 7.75. The molecule has 0 spiro atoms. The van der Waals surface area contributed by atoms with Gasteiger partial charge in [-0.3, -0.25) is 4.79 Å². The Balaban J connectivity index is 0.00000144. The normalized spacial score (nSPS) is 15.6. The third kappa shape index (κ3) is 4.41. The Bertz CT molecular complexity index is 360. The summed E-state index contributed by atoms with van der Waals surface area (Å²) in [4.78, 5) is 14.2. The summed E-state index contributed by atoms with van der Waals surface area (Å²) >= 11 is 3.37. The van der Waals surface area contributed by atoms with Crippen LogP contribution in [0, 0.1) is 0 Å². The molecule has 1 saturated heterocycles. The highest BCUT2D eigenvalue weighted by molar-refractivity contribution is 9.10. The number of Topliss-reactive ketones (excluding diaryl/α,β-unsaturated/α-hetero) is 1. The van der Waals surface area contributed by atoms with Gasteiger partial charge in [-0.25, -0.2) is 0 Å². The Morgan fingerprint density at radius 2 is 1.76 bits per heavy atom. The van der Waals surface area contributed by atoms with Crippen LogP contribution in [0.2, 0.25) is 0 Å². The van der Waals surface area contributed by atoms with Gasteiger partial charge in [0.05, 0.1) is 0 Å². The number of nitrogens with zero attached hydrogens (tertiary/aromatic N) is 1. The molecule has 0 radical (unpaired) electrons. The van der Waals surface area contributed by atoms with E-state index >= 15 is 0 Å². The SMILES string of the molecule is Cl.O=C(CCN1CCCC1)c1ccc(Br)cc1. The Morgan fingerprint density at radius 1 is 1.18 bits per heavy atom. The van der Waals surface area contributed by atoms with Gasteiger partial charge in [-0.2, -0.15) is 0 Å². The molecular formula is C13H17BrClNO. The van der Waals surface area contributed by atoms with Crippen LogP contribution in [0.3, 0.4) is 0 Å². The molecular weight excluding hydrogens is 302 g/mol. The lowest BCUT2D eigenvalue weighted by molar-refractivity contribution is 0.0969. The fraction of sp³-hybridized carbons (Fsp3) is 0.462. The first kappa shape index (κ1) is 14.7. The van der Waals surface area contributed by atoms with Gasteiger partial charge in [0.1, 0.15) is 0 Å². The second kappa shape index (κ2) is 7.14. The van der Waals surface area contributed by atoms with Gasteiger partial charge in [0.15, 0.2) is 5.78 Å². The number of hydrogen-bond donors (Lipinski definition) is 0. The standard InChI is InChI=1S/C13H16BrNO.ClH/c14-12-5-3-11(4-6-12)13(16)7-10-15-8-1-2-9-15;/h3-6H,1-2,7-10H2;1H. The first-order valence-corrected chi connectivity index (χ1v) is 6.56. The van der Waals surface area contributed by atoms with Gasteiger partial charge in [-0.05, 0) is 38.1 Å². The summed E-state index contributed by atoms with van der Waals surface area (Å²) < 4.78 is 1.02. The Labute approximate surface area is 117 Å². The molecule has 94 valence electrons. The third-order valence-corrected chi connectivity index (χ3v) is 3.55. The molecule has 1 aliphatic rings. The number of ketones is 1. The fourth-order valence-electron chi connectivity index (χ4n) is 2.05. The first-order valence-electron chi connectivity index (χ1n) is 5.77. The summed E-state index contributed by atoms with van der Waals surface area (Å²) in [5.74, 6) is 0.249. The van der Waals surface area contributed by atoms with Crippen molar-refractivity contribution in [3.05, 3.63) is 34.3 Å². The van der Waals surface area contributed by atoms with Crippen molar-refractivity contribution in [2.45, 2.75) is 19.3 Å². The van der Waals surface area contributed by atoms with E-state index in [2.05, 4.69) is 20.8 Å². The molecule has 17 heavy (non-hydrogen) atoms. The van der Waals surface area contributed by atoms with Gasteiger partial charge >= 0.3 is 0 Å². The number of carbonyl (C=O) groups is 1. The Kier molecular flexibility index (Phi) is 6.17. The van der Waals surface area contributed by atoms with Gasteiger partial charge < -0.3 is 4.90 Å². The molecule has 0 amide bonds. The van der Waals surface area contributed by atoms with Gasteiger partial charge in [0, 0.05) is 23.0 Å². The smallest absolute Gasteiger partial charge is 0.164 e. The number of rotatable bonds is 4. The molecule has 0 atom stereocenters. The lowest BCUT2D eigenvalue weighted by atomic mass is 10.1. The van der Waals surface area contributed by atoms with E-state index in [0.29, 0.717) is 6.42 Å². The summed E-state index contributed by atoms with van der Waals surface area (Å²) in [6.07, 6.45) is 3.21. The lowest BCUT2D eigenvalue weighted by Gasteiger charge is -2.13. The Morgan fingerprint density at radius 3 is 2.35 bits per heavy atom. The minimum Gasteiger partial charge on any atom is -0.303 e. The van der Waals surface area contributed by atoms with Gasteiger partial charge in [-0.1, -0.05) is 28.1 Å². The minimum absolute atomic E-state index is 0. The van der Waals surface area contributed by atoms with Crippen molar-refractivity contribution in [2.24, 2.45) is 0 Å². The van der Waals surface area contributed by atoms with Gasteiger partial charge in [0.2, 0.25) is 0 Å². The second-order valence-electron chi connectivity index (χ2n) is 4.23. The zero-order valence-corrected chi connectivity index (χ0v) is 12.1. The van der Waals surface area contributed by atoms with Crippen LogP contribution >= 0.6 is 28.3 Å². The average molecular weight is 319 g/mol. The molecule has 1 aromatic carbocycles. The van der Waals surface area contributed by atoms with E-state index in [-0.39, 0.29) is 18.2 Å². The van der Waals surface area contributed by atoms with E-state index in [4.69, 9.17) is 0 Å². The monoisotopic (exact) mass is 317 g/mol. The lowest BCUT2D eigenvalue weighted by Crippen LogP contribution is -2.22. The van der Waals surface area contributed by atoms with Crippen LogP contribution in [0.5, 0.6) is 0 Å². The van der Waals surface area contributed by atoms with Crippen molar-refractivity contribution >= 4 is 34.1 Å². The van der Waals surface area contributed by atoms with E-state index in [1.165, 1.54) is 12.8 Å². The fourth-order valence-corrected chi connectivity index (χ4v) is 2.31. The van der Waals surface area contributed by atoms with Crippen LogP contribution in [0.1, 0.15) is 29.6 Å². The van der Waals surface area contributed by atoms with Crippen LogP contribution in [0.4, 0.5) is 0 Å². The van der Waals surface area contributed by atoms with Crippen molar-refractivity contribution in [1.82, 2.24) is 4.90 Å². The number of benzene rings is 1. The largest absolute Gasteiger partial charge is 0.303 e. The highest BCUT2D eigenvalue weighted by Gasteiger charge is 2.13. The van der Waals surface area contributed by atoms with Crippen molar-refractivity contribution < 1.29 is 4.79 Å². The number of halogens is 2. The second-order valence-corrected chi connectivity index (χ2v) is 5.14. The zero-order chi connectivity index (χ0) is 11.4. The van der Waals surface area contributed by atoms with E-state index in [0.717, 1.165) is 29.7 Å². The molecule has 0 aromatic heterocycles. The van der Waals surface area contributed by atoms with Gasteiger partial charge in [0.25, 0.3) is 0 Å². The summed E-state index contributed by atoms with van der Waals surface area (Å²) in [5, 5.41) is 0. The van der Waals surface area contributed by atoms with E-state index in [9.17, 15) is 4.79 Å². The highest BCUT2D eigenvalue weighted by atomic mass is 79.9. The van der Waals surface area contributed by atoms with E-state index in [1.807, 2.05) is 24.3 Å². The van der Waals surface area contributed by atoms with E-state index in [1.54, 1.807) is 0 Å². The molecule has 1 heterocycles. The summed E-state index contributed by atoms with van der Waals surface area (Å²) in [5.41, 5.74) is 0.822. The molecule has 0 unspecified atom stereocenters. The predicted molar refractivity (Wildman–Crippen MR) is 76.0 cm³/mol. The molecule has 0 saturated carbocycles. The number of hydrogen-bond acceptors (Lipinski definition) is 2. The zero-order valence-electron chi connectivity index (χ0n) is 9.69. The van der Waals surface area contributed by atoms with Crippen molar-refractivity contribution in [3.63, 3.8) is 0 Å². The maximum Gasteiger partial charge on any atom is 0.164 e. The summed E-state index contributed by atoms with van der Waals surface area (Å²) in [6.45, 7) is 3.23. The topological polar surface area (TPSA) is 20.3 Å². The molecule has 4 heteroatoms. The predicted octanol–water partition coefficient (Wildman–Crippen LogP) is 3.54. The maximum atomic E-state index is 11.9. The molecule has 1 aromatic rings. The molecule has 0 bridgehead atoms. The van der Waals surface area contributed by atoms with Gasteiger partial charge in [-0.15, -0.1) is 12.4 Å². The van der Waals surface area contributed by atoms with Crippen molar-refractivity contribution in [2.75, 3.05) is 19.6 Å². The van der Waals surface area contributed by atoms with Crippen molar-refractivity contribution in [1.29, 1.82) is 0 Å². The molecule has 2 rings (SSSR count). The Hall–Kier alpha value is -0.380. The highest BCUT2D eigenvalue weighted by Crippen LogP contribution is 2.13. The minimum atomic E-state index is 0. The molecule has 2 nitrogen and oxygen atoms in total.